The van der Waals surface area contributed by atoms with Crippen molar-refractivity contribution in [2.45, 2.75) is 26.4 Å². The van der Waals surface area contributed by atoms with Crippen LogP contribution < -0.4 is 15.0 Å². The number of carbonyl (C=O) groups excluding carboxylic acids is 2. The number of nitrogens with zero attached hydrogens (tertiary/aromatic N) is 3. The van der Waals surface area contributed by atoms with Crippen molar-refractivity contribution < 1.29 is 19.1 Å². The summed E-state index contributed by atoms with van der Waals surface area (Å²) in [5.74, 6) is -0.369. The molecule has 0 unspecified atom stereocenters. The molecule has 0 aliphatic rings. The standard InChI is InChI=1S/C24H26Cl2N4O4/c1-24(2,3)34-22(32)20-21(27-19(31)14-33-18-12-11-15(25)13-17(18)26)28-23(29(4)5)30(20)16-9-7-6-8-10-16/h6-13H,14H2,1-5H3,(H,27,31). The van der Waals surface area contributed by atoms with Crippen molar-refractivity contribution in [1.29, 1.82) is 0 Å². The van der Waals surface area contributed by atoms with E-state index in [9.17, 15) is 9.59 Å². The van der Waals surface area contributed by atoms with Crippen LogP contribution in [0.1, 0.15) is 31.3 Å². The van der Waals surface area contributed by atoms with Crippen LogP contribution >= 0.6 is 23.2 Å². The van der Waals surface area contributed by atoms with Gasteiger partial charge in [0.25, 0.3) is 5.91 Å². The van der Waals surface area contributed by atoms with E-state index in [1.54, 1.807) is 56.5 Å². The van der Waals surface area contributed by atoms with E-state index < -0.39 is 17.5 Å². The average Bonchev–Trinajstić information content (AvgIpc) is 3.12. The number of carbonyl (C=O) groups is 2. The topological polar surface area (TPSA) is 85.7 Å². The number of nitrogens with one attached hydrogen (secondary N) is 1. The van der Waals surface area contributed by atoms with Gasteiger partial charge in [0.15, 0.2) is 18.1 Å². The maximum absolute atomic E-state index is 13.2. The number of ether oxygens (including phenoxy) is 2. The van der Waals surface area contributed by atoms with Gasteiger partial charge in [-0.25, -0.2) is 4.79 Å². The molecule has 0 fully saturated rings. The Hall–Kier alpha value is -3.23. The number of anilines is 2. The Kier molecular flexibility index (Phi) is 7.74. The average molecular weight is 505 g/mol. The smallest absolute Gasteiger partial charge is 0.359 e. The molecule has 3 aromatic rings. The van der Waals surface area contributed by atoms with E-state index in [1.165, 1.54) is 6.07 Å². The van der Waals surface area contributed by atoms with Crippen LogP contribution in [0.3, 0.4) is 0 Å². The number of para-hydroxylation sites is 1. The molecule has 2 aromatic carbocycles. The number of rotatable bonds is 7. The Morgan fingerprint density at radius 3 is 2.35 bits per heavy atom. The summed E-state index contributed by atoms with van der Waals surface area (Å²) in [6.07, 6.45) is 0. The highest BCUT2D eigenvalue weighted by Gasteiger charge is 2.30. The molecule has 8 nitrogen and oxygen atoms in total. The summed E-state index contributed by atoms with van der Waals surface area (Å²) >= 11 is 12.0. The van der Waals surface area contributed by atoms with E-state index >= 15 is 0 Å². The second-order valence-electron chi connectivity index (χ2n) is 8.59. The van der Waals surface area contributed by atoms with Gasteiger partial charge in [-0.3, -0.25) is 9.36 Å². The maximum Gasteiger partial charge on any atom is 0.359 e. The molecule has 1 N–H and O–H groups in total. The Morgan fingerprint density at radius 2 is 1.76 bits per heavy atom. The summed E-state index contributed by atoms with van der Waals surface area (Å²) in [5, 5.41) is 3.40. The molecule has 1 amide bonds. The van der Waals surface area contributed by atoms with E-state index in [2.05, 4.69) is 10.3 Å². The largest absolute Gasteiger partial charge is 0.482 e. The molecule has 1 aromatic heterocycles. The van der Waals surface area contributed by atoms with Crippen LogP contribution in [-0.2, 0) is 9.53 Å². The van der Waals surface area contributed by atoms with Gasteiger partial charge in [-0.1, -0.05) is 41.4 Å². The zero-order chi connectivity index (χ0) is 25.0. The summed E-state index contributed by atoms with van der Waals surface area (Å²) < 4.78 is 12.8. The van der Waals surface area contributed by atoms with E-state index in [1.807, 2.05) is 30.3 Å². The molecule has 10 heteroatoms. The Morgan fingerprint density at radius 1 is 1.09 bits per heavy atom. The number of benzene rings is 2. The number of amides is 1. The van der Waals surface area contributed by atoms with Gasteiger partial charge >= 0.3 is 5.97 Å². The molecular formula is C24H26Cl2N4O4. The van der Waals surface area contributed by atoms with Crippen LogP contribution in [0.4, 0.5) is 11.8 Å². The third-order valence-electron chi connectivity index (χ3n) is 4.38. The maximum atomic E-state index is 13.2. The van der Waals surface area contributed by atoms with Gasteiger partial charge in [0, 0.05) is 24.8 Å². The summed E-state index contributed by atoms with van der Waals surface area (Å²) in [5.41, 5.74) is 0.0172. The molecule has 0 bridgehead atoms. The van der Waals surface area contributed by atoms with Crippen molar-refractivity contribution in [3.05, 3.63) is 64.3 Å². The van der Waals surface area contributed by atoms with Crippen molar-refractivity contribution in [3.63, 3.8) is 0 Å². The van der Waals surface area contributed by atoms with Gasteiger partial charge in [-0.05, 0) is 51.1 Å². The van der Waals surface area contributed by atoms with Crippen LogP contribution in [0.5, 0.6) is 5.75 Å². The predicted octanol–water partition coefficient (Wildman–Crippen LogP) is 5.22. The highest BCUT2D eigenvalue weighted by atomic mass is 35.5. The van der Waals surface area contributed by atoms with Gasteiger partial charge in [0.1, 0.15) is 11.4 Å². The fraction of sp³-hybridized carbons (Fsp3) is 0.292. The highest BCUT2D eigenvalue weighted by Crippen LogP contribution is 2.30. The van der Waals surface area contributed by atoms with E-state index in [0.717, 1.165) is 0 Å². The number of imidazole rings is 1. The zero-order valence-corrected chi connectivity index (χ0v) is 21.1. The lowest BCUT2D eigenvalue weighted by Gasteiger charge is -2.21. The minimum Gasteiger partial charge on any atom is -0.482 e. The lowest BCUT2D eigenvalue weighted by atomic mass is 10.2. The molecule has 0 saturated heterocycles. The lowest BCUT2D eigenvalue weighted by molar-refractivity contribution is -0.118. The quantitative estimate of drug-likeness (QED) is 0.444. The van der Waals surface area contributed by atoms with Crippen LogP contribution in [0, 0.1) is 0 Å². The Bertz CT molecular complexity index is 1190. The SMILES string of the molecule is CN(C)c1nc(NC(=O)COc2ccc(Cl)cc2Cl)c(C(=O)OC(C)(C)C)n1-c1ccccc1. The summed E-state index contributed by atoms with van der Waals surface area (Å²) in [7, 11) is 3.58. The zero-order valence-electron chi connectivity index (χ0n) is 19.6. The number of esters is 1. The van der Waals surface area contributed by atoms with Crippen molar-refractivity contribution in [2.75, 3.05) is 30.9 Å². The fourth-order valence-electron chi connectivity index (χ4n) is 3.04. The molecule has 0 aliphatic carbocycles. The van der Waals surface area contributed by atoms with Gasteiger partial charge in [-0.2, -0.15) is 4.98 Å². The van der Waals surface area contributed by atoms with Crippen LogP contribution in [0.25, 0.3) is 5.69 Å². The first-order valence-corrected chi connectivity index (χ1v) is 11.2. The van der Waals surface area contributed by atoms with Crippen molar-refractivity contribution >= 4 is 46.8 Å². The molecule has 0 aliphatic heterocycles. The molecule has 0 atom stereocenters. The lowest BCUT2D eigenvalue weighted by Crippen LogP contribution is -2.27. The molecule has 180 valence electrons. The molecule has 34 heavy (non-hydrogen) atoms. The highest BCUT2D eigenvalue weighted by molar-refractivity contribution is 6.35. The number of hydrogen-bond acceptors (Lipinski definition) is 6. The molecule has 1 heterocycles. The van der Waals surface area contributed by atoms with E-state index in [-0.39, 0.29) is 23.1 Å². The number of hydrogen-bond donors (Lipinski definition) is 1. The first kappa shape index (κ1) is 25.4. The molecule has 0 saturated carbocycles. The van der Waals surface area contributed by atoms with Crippen LogP contribution in [0.15, 0.2) is 48.5 Å². The molecular weight excluding hydrogens is 479 g/mol. The van der Waals surface area contributed by atoms with Crippen LogP contribution in [-0.4, -0.2) is 47.7 Å². The van der Waals surface area contributed by atoms with Gasteiger partial charge in [0.05, 0.1) is 5.02 Å². The van der Waals surface area contributed by atoms with Crippen molar-refractivity contribution in [2.24, 2.45) is 0 Å². The van der Waals surface area contributed by atoms with Crippen LogP contribution in [0.2, 0.25) is 10.0 Å². The summed E-state index contributed by atoms with van der Waals surface area (Å²) in [6.45, 7) is 4.94. The number of aromatic nitrogens is 2. The van der Waals surface area contributed by atoms with Gasteiger partial charge in [0.2, 0.25) is 5.95 Å². The summed E-state index contributed by atoms with van der Waals surface area (Å²) in [4.78, 5) is 32.2. The number of halogens is 2. The Labute approximate surface area is 208 Å². The Balaban J connectivity index is 1.96. The molecule has 0 spiro atoms. The summed E-state index contributed by atoms with van der Waals surface area (Å²) in [6, 6.07) is 13.9. The fourth-order valence-corrected chi connectivity index (χ4v) is 3.50. The third kappa shape index (κ3) is 6.21. The first-order chi connectivity index (χ1) is 16.0. The van der Waals surface area contributed by atoms with Crippen molar-refractivity contribution in [3.8, 4) is 11.4 Å². The van der Waals surface area contributed by atoms with E-state index in [0.29, 0.717) is 22.4 Å². The monoisotopic (exact) mass is 504 g/mol. The third-order valence-corrected chi connectivity index (χ3v) is 4.91. The second-order valence-corrected chi connectivity index (χ2v) is 9.43. The van der Waals surface area contributed by atoms with E-state index in [4.69, 9.17) is 32.7 Å². The molecule has 0 radical (unpaired) electrons. The minimum atomic E-state index is -0.753. The van der Waals surface area contributed by atoms with Crippen molar-refractivity contribution in [1.82, 2.24) is 9.55 Å². The second kappa shape index (κ2) is 10.4. The molecule has 3 rings (SSSR count). The van der Waals surface area contributed by atoms with Gasteiger partial charge < -0.3 is 19.7 Å². The first-order valence-electron chi connectivity index (χ1n) is 10.4. The van der Waals surface area contributed by atoms with Gasteiger partial charge in [-0.15, -0.1) is 0 Å². The predicted molar refractivity (Wildman–Crippen MR) is 134 cm³/mol. The minimum absolute atomic E-state index is 0.0533. The normalized spacial score (nSPS) is 11.1.